The van der Waals surface area contributed by atoms with E-state index in [1.807, 2.05) is 12.1 Å². The molecular weight excluding hydrogens is 413 g/mol. The third kappa shape index (κ3) is 4.34. The van der Waals surface area contributed by atoms with Crippen LogP contribution in [-0.2, 0) is 11.2 Å². The van der Waals surface area contributed by atoms with Gasteiger partial charge in [-0.25, -0.2) is 9.07 Å². The van der Waals surface area contributed by atoms with Crippen LogP contribution in [0, 0.1) is 9.77 Å². The van der Waals surface area contributed by atoms with Gasteiger partial charge in [0.2, 0.25) is 5.91 Å². The molecule has 0 spiro atoms. The van der Waals surface area contributed by atoms with Gasteiger partial charge >= 0.3 is 0 Å². The van der Waals surface area contributed by atoms with Crippen molar-refractivity contribution < 1.29 is 9.18 Å². The maximum absolute atomic E-state index is 13.1. The minimum Gasteiger partial charge on any atom is -0.349 e. The van der Waals surface area contributed by atoms with Gasteiger partial charge < -0.3 is 5.32 Å². The number of aryl methyl sites for hydroxylation is 1. The SMILES string of the molecule is O=C(CSc1nn(-c2ccc(F)cc2)c(=S)s1)N[C@H]1CCCc2ccccc21. The summed E-state index contributed by atoms with van der Waals surface area (Å²) < 4.78 is 16.0. The molecule has 28 heavy (non-hydrogen) atoms. The fraction of sp³-hybridized carbons (Fsp3) is 0.250. The van der Waals surface area contributed by atoms with Crippen molar-refractivity contribution in [2.24, 2.45) is 0 Å². The molecule has 0 saturated carbocycles. The number of benzene rings is 2. The molecule has 2 aromatic carbocycles. The first-order valence-electron chi connectivity index (χ1n) is 8.96. The number of nitrogens with one attached hydrogen (secondary N) is 1. The monoisotopic (exact) mass is 431 g/mol. The van der Waals surface area contributed by atoms with Crippen LogP contribution in [0.15, 0.2) is 52.9 Å². The third-order valence-corrected chi connectivity index (χ3v) is 7.00. The minimum absolute atomic E-state index is 0.0128. The number of nitrogens with zero attached hydrogens (tertiary/aromatic N) is 2. The zero-order valence-electron chi connectivity index (χ0n) is 14.9. The average Bonchev–Trinajstić information content (AvgIpc) is 3.08. The van der Waals surface area contributed by atoms with E-state index in [0.29, 0.717) is 14.0 Å². The van der Waals surface area contributed by atoms with Gasteiger partial charge in [0.15, 0.2) is 8.29 Å². The molecule has 1 N–H and O–H groups in total. The van der Waals surface area contributed by atoms with Gasteiger partial charge in [0, 0.05) is 0 Å². The van der Waals surface area contributed by atoms with E-state index in [1.54, 1.807) is 16.8 Å². The second-order valence-corrected chi connectivity index (χ2v) is 9.37. The Labute approximate surface area is 175 Å². The molecule has 1 heterocycles. The number of hydrogen-bond donors (Lipinski definition) is 1. The van der Waals surface area contributed by atoms with Gasteiger partial charge in [0.1, 0.15) is 5.82 Å². The molecule has 0 unspecified atom stereocenters. The van der Waals surface area contributed by atoms with Gasteiger partial charge in [-0.15, -0.1) is 5.10 Å². The summed E-state index contributed by atoms with van der Waals surface area (Å²) in [6, 6.07) is 14.4. The normalized spacial score (nSPS) is 15.8. The predicted molar refractivity (Wildman–Crippen MR) is 113 cm³/mol. The summed E-state index contributed by atoms with van der Waals surface area (Å²) in [4.78, 5) is 12.5. The highest BCUT2D eigenvalue weighted by atomic mass is 32.2. The van der Waals surface area contributed by atoms with E-state index >= 15 is 0 Å². The number of fused-ring (bicyclic) bond motifs is 1. The van der Waals surface area contributed by atoms with Gasteiger partial charge in [-0.3, -0.25) is 4.79 Å². The molecule has 1 aliphatic rings. The Balaban J connectivity index is 1.39. The summed E-state index contributed by atoms with van der Waals surface area (Å²) in [6.07, 6.45) is 3.12. The predicted octanol–water partition coefficient (Wildman–Crippen LogP) is 5.09. The molecule has 1 aliphatic carbocycles. The lowest BCUT2D eigenvalue weighted by atomic mass is 9.88. The first kappa shape index (κ1) is 19.3. The molecule has 1 amide bonds. The Bertz CT molecular complexity index is 1050. The van der Waals surface area contributed by atoms with Gasteiger partial charge in [-0.2, -0.15) is 0 Å². The summed E-state index contributed by atoms with van der Waals surface area (Å²) in [6.45, 7) is 0. The van der Waals surface area contributed by atoms with E-state index in [-0.39, 0.29) is 23.5 Å². The summed E-state index contributed by atoms with van der Waals surface area (Å²) in [5, 5.41) is 7.60. The molecule has 4 rings (SSSR count). The molecule has 4 nitrogen and oxygen atoms in total. The first-order valence-corrected chi connectivity index (χ1v) is 11.2. The lowest BCUT2D eigenvalue weighted by Gasteiger charge is -2.26. The fourth-order valence-electron chi connectivity index (χ4n) is 3.33. The highest BCUT2D eigenvalue weighted by molar-refractivity contribution is 8.01. The summed E-state index contributed by atoms with van der Waals surface area (Å²) >= 11 is 8.06. The topological polar surface area (TPSA) is 46.9 Å². The Hall–Kier alpha value is -2.03. The van der Waals surface area contributed by atoms with Crippen molar-refractivity contribution in [1.82, 2.24) is 15.1 Å². The number of hydrogen-bond acceptors (Lipinski definition) is 5. The summed E-state index contributed by atoms with van der Waals surface area (Å²) in [7, 11) is 0. The van der Waals surface area contributed by atoms with E-state index in [0.717, 1.165) is 19.3 Å². The first-order chi connectivity index (χ1) is 13.6. The Morgan fingerprint density at radius 3 is 2.89 bits per heavy atom. The lowest BCUT2D eigenvalue weighted by molar-refractivity contribution is -0.119. The zero-order valence-corrected chi connectivity index (χ0v) is 17.4. The number of carbonyl (C=O) groups is 1. The molecular formula is C20H18FN3OS3. The van der Waals surface area contributed by atoms with E-state index in [2.05, 4.69) is 22.5 Å². The Morgan fingerprint density at radius 2 is 2.07 bits per heavy atom. The molecule has 0 aliphatic heterocycles. The number of carbonyl (C=O) groups excluding carboxylic acids is 1. The van der Waals surface area contributed by atoms with Crippen molar-refractivity contribution in [3.63, 3.8) is 0 Å². The van der Waals surface area contributed by atoms with Crippen LogP contribution in [0.1, 0.15) is 30.0 Å². The maximum atomic E-state index is 13.1. The van der Waals surface area contributed by atoms with Crippen LogP contribution >= 0.6 is 35.3 Å². The fourth-order valence-corrected chi connectivity index (χ4v) is 5.50. The third-order valence-electron chi connectivity index (χ3n) is 4.63. The van der Waals surface area contributed by atoms with Crippen molar-refractivity contribution in [3.05, 3.63) is 69.4 Å². The Kier molecular flexibility index (Phi) is 5.89. The van der Waals surface area contributed by atoms with Gasteiger partial charge in [0.05, 0.1) is 17.5 Å². The van der Waals surface area contributed by atoms with E-state index < -0.39 is 0 Å². The second-order valence-electron chi connectivity index (χ2n) is 6.52. The van der Waals surface area contributed by atoms with Crippen molar-refractivity contribution in [1.29, 1.82) is 0 Å². The number of amides is 1. The molecule has 0 bridgehead atoms. The van der Waals surface area contributed by atoms with Crippen LogP contribution < -0.4 is 5.32 Å². The second kappa shape index (κ2) is 8.55. The summed E-state index contributed by atoms with van der Waals surface area (Å²) in [5.74, 6) is -0.0353. The largest absolute Gasteiger partial charge is 0.349 e. The molecule has 8 heteroatoms. The van der Waals surface area contributed by atoms with Crippen LogP contribution in [-0.4, -0.2) is 21.4 Å². The summed E-state index contributed by atoms with van der Waals surface area (Å²) in [5.41, 5.74) is 3.25. The van der Waals surface area contributed by atoms with E-state index in [1.165, 1.54) is 46.4 Å². The number of rotatable bonds is 5. The van der Waals surface area contributed by atoms with Crippen LogP contribution in [0.25, 0.3) is 5.69 Å². The zero-order chi connectivity index (χ0) is 19.5. The highest BCUT2D eigenvalue weighted by Crippen LogP contribution is 2.30. The van der Waals surface area contributed by atoms with Crippen LogP contribution in [0.3, 0.4) is 0 Å². The van der Waals surface area contributed by atoms with Crippen LogP contribution in [0.4, 0.5) is 4.39 Å². The molecule has 0 radical (unpaired) electrons. The van der Waals surface area contributed by atoms with Gasteiger partial charge in [-0.1, -0.05) is 47.4 Å². The van der Waals surface area contributed by atoms with Crippen molar-refractivity contribution in [2.75, 3.05) is 5.75 Å². The molecule has 3 aromatic rings. The molecule has 0 fully saturated rings. The molecule has 0 saturated heterocycles. The minimum atomic E-state index is -0.305. The van der Waals surface area contributed by atoms with Crippen LogP contribution in [0.2, 0.25) is 0 Å². The molecule has 144 valence electrons. The number of aromatic nitrogens is 2. The quantitative estimate of drug-likeness (QED) is 0.452. The molecule has 1 aromatic heterocycles. The smallest absolute Gasteiger partial charge is 0.230 e. The highest BCUT2D eigenvalue weighted by Gasteiger charge is 2.21. The lowest BCUT2D eigenvalue weighted by Crippen LogP contribution is -2.32. The van der Waals surface area contributed by atoms with E-state index in [4.69, 9.17) is 12.2 Å². The molecule has 1 atom stereocenters. The average molecular weight is 432 g/mol. The number of thioether (sulfide) groups is 1. The van der Waals surface area contributed by atoms with Crippen LogP contribution in [0.5, 0.6) is 0 Å². The van der Waals surface area contributed by atoms with E-state index in [9.17, 15) is 9.18 Å². The Morgan fingerprint density at radius 1 is 1.29 bits per heavy atom. The van der Waals surface area contributed by atoms with Crippen molar-refractivity contribution >= 4 is 41.2 Å². The maximum Gasteiger partial charge on any atom is 0.230 e. The van der Waals surface area contributed by atoms with Crippen molar-refractivity contribution in [2.45, 2.75) is 29.6 Å². The van der Waals surface area contributed by atoms with Gasteiger partial charge in [0.25, 0.3) is 0 Å². The van der Waals surface area contributed by atoms with Gasteiger partial charge in [-0.05, 0) is 66.9 Å². The standard InChI is InChI=1S/C20H18FN3OS3/c21-14-8-10-15(11-9-14)24-20(26)28-19(23-24)27-12-18(25)22-17-7-3-5-13-4-1-2-6-16(13)17/h1-2,4,6,8-11,17H,3,5,7,12H2,(H,22,25)/t17-/m0/s1. The van der Waals surface area contributed by atoms with Crippen molar-refractivity contribution in [3.8, 4) is 5.69 Å². The number of halogens is 1.